The van der Waals surface area contributed by atoms with E-state index in [1.165, 1.54) is 38.2 Å². The fraction of sp³-hybridized carbons (Fsp3) is 0.0714. The van der Waals surface area contributed by atoms with Gasteiger partial charge in [0.25, 0.3) is 0 Å². The normalized spacial score (nSPS) is 18.7. The summed E-state index contributed by atoms with van der Waals surface area (Å²) in [6.07, 6.45) is 0. The maximum absolute atomic E-state index is 2.38. The monoisotopic (exact) mass is 354 g/mol. The zero-order chi connectivity index (χ0) is 18.2. The van der Waals surface area contributed by atoms with Crippen molar-refractivity contribution in [2.24, 2.45) is 0 Å². The quantitative estimate of drug-likeness (QED) is 0.293. The lowest BCUT2D eigenvalue weighted by molar-refractivity contribution is 0.739. The number of hydrogen-bond donors (Lipinski definition) is 0. The molecule has 5 aromatic rings. The van der Waals surface area contributed by atoms with Crippen molar-refractivity contribution in [1.82, 2.24) is 0 Å². The van der Waals surface area contributed by atoms with Gasteiger partial charge in [-0.1, -0.05) is 91.0 Å². The average Bonchev–Trinajstić information content (AvgIpc) is 3.46. The van der Waals surface area contributed by atoms with E-state index in [1.54, 1.807) is 16.7 Å². The van der Waals surface area contributed by atoms with E-state index in [9.17, 15) is 0 Å². The van der Waals surface area contributed by atoms with E-state index in [-0.39, 0.29) is 0 Å². The second-order valence-electron chi connectivity index (χ2n) is 8.08. The van der Waals surface area contributed by atoms with E-state index in [2.05, 4.69) is 97.1 Å². The van der Waals surface area contributed by atoms with Gasteiger partial charge >= 0.3 is 0 Å². The van der Waals surface area contributed by atoms with E-state index in [4.69, 9.17) is 0 Å². The number of hydrogen-bond acceptors (Lipinski definition) is 0. The van der Waals surface area contributed by atoms with Crippen molar-refractivity contribution >= 4 is 21.5 Å². The van der Waals surface area contributed by atoms with Gasteiger partial charge in [-0.15, -0.1) is 0 Å². The molecule has 0 heterocycles. The fourth-order valence-electron chi connectivity index (χ4n) is 5.50. The first-order chi connectivity index (χ1) is 13.9. The van der Waals surface area contributed by atoms with E-state index in [0.29, 0.717) is 11.8 Å². The lowest BCUT2D eigenvalue weighted by atomic mass is 9.75. The average molecular weight is 354 g/mol. The molecule has 0 N–H and O–H groups in total. The Labute approximate surface area is 164 Å². The van der Waals surface area contributed by atoms with Crippen LogP contribution < -0.4 is 0 Å². The van der Waals surface area contributed by atoms with Crippen LogP contribution in [0.5, 0.6) is 0 Å². The van der Waals surface area contributed by atoms with Crippen molar-refractivity contribution in [3.63, 3.8) is 0 Å². The maximum atomic E-state index is 2.38. The van der Waals surface area contributed by atoms with Gasteiger partial charge in [0, 0.05) is 11.8 Å². The largest absolute Gasteiger partial charge is 0.0622 e. The van der Waals surface area contributed by atoms with Gasteiger partial charge in [-0.25, -0.2) is 0 Å². The van der Waals surface area contributed by atoms with E-state index in [0.717, 1.165) is 0 Å². The fourth-order valence-corrected chi connectivity index (χ4v) is 5.50. The first-order valence-corrected chi connectivity index (χ1v) is 10.0. The van der Waals surface area contributed by atoms with Crippen molar-refractivity contribution < 1.29 is 0 Å². The van der Waals surface area contributed by atoms with E-state index in [1.807, 2.05) is 0 Å². The SMILES string of the molecule is c1ccc(-c2ccc3c4c2C4C3c2c3ccccc3cc3ccccc23)cc1. The summed E-state index contributed by atoms with van der Waals surface area (Å²) in [6, 6.07) is 35.7. The Morgan fingerprint density at radius 2 is 1.11 bits per heavy atom. The molecule has 0 saturated heterocycles. The van der Waals surface area contributed by atoms with Crippen LogP contribution in [0.3, 0.4) is 0 Å². The minimum absolute atomic E-state index is 0.499. The van der Waals surface area contributed by atoms with Crippen molar-refractivity contribution in [2.45, 2.75) is 11.8 Å². The summed E-state index contributed by atoms with van der Waals surface area (Å²) >= 11 is 0. The zero-order valence-corrected chi connectivity index (χ0v) is 15.4. The second-order valence-corrected chi connectivity index (χ2v) is 8.08. The van der Waals surface area contributed by atoms with Crippen molar-refractivity contribution in [3.8, 4) is 11.1 Å². The third kappa shape index (κ3) is 1.75. The van der Waals surface area contributed by atoms with Crippen LogP contribution in [0.15, 0.2) is 97.1 Å². The third-order valence-corrected chi connectivity index (χ3v) is 6.74. The third-order valence-electron chi connectivity index (χ3n) is 6.74. The van der Waals surface area contributed by atoms with Crippen LogP contribution in [0.4, 0.5) is 0 Å². The molecule has 0 spiro atoms. The van der Waals surface area contributed by atoms with Gasteiger partial charge in [-0.05, 0) is 61.0 Å². The smallest absolute Gasteiger partial charge is 0.0215 e. The molecular formula is C28H18. The molecule has 0 saturated carbocycles. The molecule has 0 bridgehead atoms. The van der Waals surface area contributed by atoms with Crippen LogP contribution in [0, 0.1) is 0 Å². The van der Waals surface area contributed by atoms with Crippen molar-refractivity contribution in [2.75, 3.05) is 0 Å². The number of fused-ring (bicyclic) bond motifs is 3. The molecular weight excluding hydrogens is 336 g/mol. The predicted octanol–water partition coefficient (Wildman–Crippen LogP) is 7.25. The topological polar surface area (TPSA) is 0 Å². The molecule has 5 aromatic carbocycles. The highest BCUT2D eigenvalue weighted by Gasteiger charge is 2.55. The molecule has 2 aliphatic rings. The second kappa shape index (κ2) is 5.11. The highest BCUT2D eigenvalue weighted by molar-refractivity contribution is 6.04. The van der Waals surface area contributed by atoms with Gasteiger partial charge in [-0.2, -0.15) is 0 Å². The molecule has 0 radical (unpaired) electrons. The van der Waals surface area contributed by atoms with Crippen LogP contribution in [-0.4, -0.2) is 0 Å². The molecule has 2 unspecified atom stereocenters. The summed E-state index contributed by atoms with van der Waals surface area (Å²) in [4.78, 5) is 0. The lowest BCUT2D eigenvalue weighted by Crippen LogP contribution is -2.11. The van der Waals surface area contributed by atoms with Gasteiger partial charge in [-0.3, -0.25) is 0 Å². The summed E-state index contributed by atoms with van der Waals surface area (Å²) in [6.45, 7) is 0. The van der Waals surface area contributed by atoms with Crippen LogP contribution in [-0.2, 0) is 0 Å². The van der Waals surface area contributed by atoms with Crippen LogP contribution in [0.1, 0.15) is 34.1 Å². The number of benzene rings is 5. The molecule has 0 nitrogen and oxygen atoms in total. The van der Waals surface area contributed by atoms with Gasteiger partial charge in [0.05, 0.1) is 0 Å². The minimum atomic E-state index is 0.499. The predicted molar refractivity (Wildman–Crippen MR) is 117 cm³/mol. The Balaban J connectivity index is 1.46. The van der Waals surface area contributed by atoms with Gasteiger partial charge < -0.3 is 0 Å². The molecule has 28 heavy (non-hydrogen) atoms. The molecule has 0 aromatic heterocycles. The first kappa shape index (κ1) is 14.6. The Kier molecular flexibility index (Phi) is 2.67. The highest BCUT2D eigenvalue weighted by atomic mass is 14.6. The Morgan fingerprint density at radius 3 is 1.82 bits per heavy atom. The summed E-state index contributed by atoms with van der Waals surface area (Å²) in [5, 5.41) is 5.51. The molecule has 2 atom stereocenters. The Morgan fingerprint density at radius 1 is 0.464 bits per heavy atom. The van der Waals surface area contributed by atoms with Crippen molar-refractivity contribution in [3.05, 3.63) is 119 Å². The van der Waals surface area contributed by atoms with Gasteiger partial charge in [0.1, 0.15) is 0 Å². The molecule has 0 aliphatic heterocycles. The van der Waals surface area contributed by atoms with Crippen LogP contribution >= 0.6 is 0 Å². The standard InChI is InChI=1S/C28H18/c1-2-8-17(9-3-1)22-14-15-23-26(28-25(22)27(23)28)24-20-12-6-4-10-18(20)16-19-11-5-7-13-21(19)24/h1-16,26,28H. The zero-order valence-electron chi connectivity index (χ0n) is 15.4. The Bertz CT molecular complexity index is 1350. The van der Waals surface area contributed by atoms with E-state index < -0.39 is 0 Å². The van der Waals surface area contributed by atoms with Crippen LogP contribution in [0.2, 0.25) is 0 Å². The molecule has 0 heteroatoms. The highest BCUT2D eigenvalue weighted by Crippen LogP contribution is 2.70. The summed E-state index contributed by atoms with van der Waals surface area (Å²) < 4.78 is 0. The summed E-state index contributed by atoms with van der Waals surface area (Å²) in [5.74, 6) is 1.10. The minimum Gasteiger partial charge on any atom is -0.0622 e. The van der Waals surface area contributed by atoms with Gasteiger partial charge in [0.2, 0.25) is 0 Å². The van der Waals surface area contributed by atoms with Gasteiger partial charge in [0.15, 0.2) is 0 Å². The molecule has 130 valence electrons. The lowest BCUT2D eigenvalue weighted by Gasteiger charge is -2.27. The molecule has 2 aliphatic carbocycles. The Hall–Kier alpha value is -3.38. The summed E-state index contributed by atoms with van der Waals surface area (Å²) in [7, 11) is 0. The first-order valence-electron chi connectivity index (χ1n) is 10.0. The molecule has 7 rings (SSSR count). The van der Waals surface area contributed by atoms with Crippen molar-refractivity contribution in [1.29, 1.82) is 0 Å². The molecule has 0 amide bonds. The summed E-state index contributed by atoms with van der Waals surface area (Å²) in [5.41, 5.74) is 9.04. The van der Waals surface area contributed by atoms with Crippen LogP contribution in [0.25, 0.3) is 32.7 Å². The molecule has 0 fully saturated rings. The maximum Gasteiger partial charge on any atom is 0.0215 e. The number of rotatable bonds is 2. The van der Waals surface area contributed by atoms with E-state index >= 15 is 0 Å².